The van der Waals surface area contributed by atoms with Gasteiger partial charge in [-0.3, -0.25) is 9.69 Å². The van der Waals surface area contributed by atoms with Crippen molar-refractivity contribution < 1.29 is 14.3 Å². The van der Waals surface area contributed by atoms with Crippen LogP contribution in [0.5, 0.6) is 0 Å². The Morgan fingerprint density at radius 1 is 1.16 bits per heavy atom. The maximum Gasteiger partial charge on any atom is 0.348 e. The third-order valence-electron chi connectivity index (χ3n) is 7.77. The Morgan fingerprint density at radius 3 is 2.88 bits per heavy atom. The Kier molecular flexibility index (Phi) is 7.61. The predicted octanol–water partition coefficient (Wildman–Crippen LogP) is 3.62. The lowest BCUT2D eigenvalue weighted by atomic mass is 10.0. The minimum absolute atomic E-state index is 0.131. The second-order valence-corrected chi connectivity index (χ2v) is 11.7. The number of imidazole rings is 1. The van der Waals surface area contributed by atoms with Gasteiger partial charge in [-0.1, -0.05) is 11.6 Å². The van der Waals surface area contributed by atoms with Crippen LogP contribution in [0.2, 0.25) is 5.02 Å². The summed E-state index contributed by atoms with van der Waals surface area (Å²) in [4.78, 5) is 36.9. The minimum Gasteiger partial charge on any atom is -0.460 e. The van der Waals surface area contributed by atoms with Crippen LogP contribution >= 0.6 is 22.9 Å². The van der Waals surface area contributed by atoms with Gasteiger partial charge in [0.05, 0.1) is 36.8 Å². The molecule has 43 heavy (non-hydrogen) atoms. The van der Waals surface area contributed by atoms with Crippen LogP contribution < -0.4 is 5.56 Å². The monoisotopic (exact) mass is 618 g/mol. The molecule has 1 aromatic carbocycles. The second kappa shape index (κ2) is 11.8. The van der Waals surface area contributed by atoms with Gasteiger partial charge in [0, 0.05) is 52.9 Å². The molecule has 0 radical (unpaired) electrons. The number of H-pyrrole nitrogens is 1. The van der Waals surface area contributed by atoms with E-state index in [1.807, 2.05) is 29.6 Å². The van der Waals surface area contributed by atoms with Crippen LogP contribution in [0.3, 0.4) is 0 Å². The molecule has 7 rings (SSSR count). The Hall–Kier alpha value is -4.17. The highest BCUT2D eigenvalue weighted by Crippen LogP contribution is 2.35. The van der Waals surface area contributed by atoms with E-state index in [0.29, 0.717) is 48.5 Å². The number of thiophene rings is 1. The molecule has 0 amide bonds. The second-order valence-electron chi connectivity index (χ2n) is 10.4. The summed E-state index contributed by atoms with van der Waals surface area (Å²) in [5.41, 5.74) is 4.63. The van der Waals surface area contributed by atoms with Crippen LogP contribution in [0.1, 0.15) is 33.7 Å². The number of aromatic amines is 1. The van der Waals surface area contributed by atoms with Crippen molar-refractivity contribution in [2.45, 2.75) is 18.9 Å². The fourth-order valence-corrected chi connectivity index (χ4v) is 6.59. The molecule has 1 atom stereocenters. The molecule has 4 aromatic heterocycles. The predicted molar refractivity (Wildman–Crippen MR) is 160 cm³/mol. The lowest BCUT2D eigenvalue weighted by Gasteiger charge is -2.26. The van der Waals surface area contributed by atoms with Gasteiger partial charge in [-0.25, -0.2) is 9.78 Å². The zero-order valence-corrected chi connectivity index (χ0v) is 24.6. The molecule has 1 N–H and O–H groups in total. The Morgan fingerprint density at radius 2 is 2.05 bits per heavy atom. The topological polar surface area (TPSA) is 133 Å². The summed E-state index contributed by atoms with van der Waals surface area (Å²) in [6.45, 7) is 4.17. The first-order chi connectivity index (χ1) is 21.0. The van der Waals surface area contributed by atoms with Crippen LogP contribution in [0.4, 0.5) is 0 Å². The number of hydrogen-bond acceptors (Lipinski definition) is 10. The number of esters is 1. The lowest BCUT2D eigenvalue weighted by molar-refractivity contribution is 0.0197. The molecule has 2 aliphatic rings. The molecule has 0 spiro atoms. The van der Waals surface area contributed by atoms with E-state index >= 15 is 0 Å². The van der Waals surface area contributed by atoms with Crippen molar-refractivity contribution in [1.29, 1.82) is 0 Å². The van der Waals surface area contributed by atoms with Gasteiger partial charge < -0.3 is 19.0 Å². The Balaban J connectivity index is 1.08. The molecule has 5 aromatic rings. The van der Waals surface area contributed by atoms with Gasteiger partial charge in [0.25, 0.3) is 5.56 Å². The van der Waals surface area contributed by atoms with E-state index in [1.54, 1.807) is 27.6 Å². The zero-order valence-electron chi connectivity index (χ0n) is 23.0. The molecule has 2 aliphatic heterocycles. The average Bonchev–Trinajstić information content (AvgIpc) is 3.84. The van der Waals surface area contributed by atoms with Crippen molar-refractivity contribution >= 4 is 28.9 Å². The van der Waals surface area contributed by atoms with Crippen molar-refractivity contribution in [3.05, 3.63) is 86.1 Å². The number of fused-ring (bicyclic) bond motifs is 1. The maximum atomic E-state index is 13.5. The smallest absolute Gasteiger partial charge is 0.348 e. The average molecular weight is 619 g/mol. The van der Waals surface area contributed by atoms with Gasteiger partial charge >= 0.3 is 5.97 Å². The van der Waals surface area contributed by atoms with Crippen LogP contribution in [-0.2, 0) is 15.9 Å². The SMILES string of the molecule is O=C(OCCN1CCOCC1)c1cc(-c2cnc([C@@H]3CCc4cc(-c5cc(Cl)ccc5-n5cnnn5)cc(=O)n43)[nH]2)cs1. The molecule has 14 heteroatoms. The van der Waals surface area contributed by atoms with Crippen molar-refractivity contribution in [1.82, 2.24) is 39.6 Å². The number of aromatic nitrogens is 7. The number of rotatable bonds is 8. The van der Waals surface area contributed by atoms with Crippen LogP contribution in [0, 0.1) is 0 Å². The van der Waals surface area contributed by atoms with Gasteiger partial charge in [-0.15, -0.1) is 16.4 Å². The number of tetrazole rings is 1. The first-order valence-electron chi connectivity index (χ1n) is 13.9. The summed E-state index contributed by atoms with van der Waals surface area (Å²) in [5.74, 6) is 0.362. The van der Waals surface area contributed by atoms with E-state index in [2.05, 4.69) is 30.4 Å². The normalized spacial score (nSPS) is 16.8. The van der Waals surface area contributed by atoms with E-state index in [0.717, 1.165) is 53.3 Å². The number of nitrogens with zero attached hydrogens (tertiary/aromatic N) is 7. The summed E-state index contributed by atoms with van der Waals surface area (Å²) < 4.78 is 14.2. The molecule has 220 valence electrons. The molecule has 0 bridgehead atoms. The quantitative estimate of drug-likeness (QED) is 0.259. The highest BCUT2D eigenvalue weighted by molar-refractivity contribution is 7.12. The summed E-state index contributed by atoms with van der Waals surface area (Å²) in [6.07, 6.45) is 4.69. The zero-order chi connectivity index (χ0) is 29.3. The molecule has 0 aliphatic carbocycles. The molecule has 6 heterocycles. The number of pyridine rings is 1. The largest absolute Gasteiger partial charge is 0.460 e. The summed E-state index contributed by atoms with van der Waals surface area (Å²) >= 11 is 7.66. The number of carbonyl (C=O) groups excluding carboxylic acids is 1. The van der Waals surface area contributed by atoms with E-state index in [9.17, 15) is 9.59 Å². The van der Waals surface area contributed by atoms with Crippen LogP contribution in [0.25, 0.3) is 28.1 Å². The first-order valence-corrected chi connectivity index (χ1v) is 15.2. The molecule has 0 unspecified atom stereocenters. The number of nitrogens with one attached hydrogen (secondary N) is 1. The number of hydrogen-bond donors (Lipinski definition) is 1. The minimum atomic E-state index is -0.334. The van der Waals surface area contributed by atoms with Crippen molar-refractivity contribution in [3.8, 4) is 28.1 Å². The summed E-state index contributed by atoms with van der Waals surface area (Å²) in [5, 5.41) is 13.9. The number of carbonyl (C=O) groups is 1. The highest BCUT2D eigenvalue weighted by Gasteiger charge is 2.28. The number of benzene rings is 1. The fraction of sp³-hybridized carbons (Fsp3) is 0.310. The van der Waals surface area contributed by atoms with E-state index in [1.165, 1.54) is 17.7 Å². The molecule has 12 nitrogen and oxygen atoms in total. The van der Waals surface area contributed by atoms with Crippen LogP contribution in [-0.4, -0.2) is 85.1 Å². The Labute approximate surface area is 254 Å². The lowest BCUT2D eigenvalue weighted by Crippen LogP contribution is -2.38. The van der Waals surface area contributed by atoms with Crippen molar-refractivity contribution in [3.63, 3.8) is 0 Å². The molecular weight excluding hydrogens is 592 g/mol. The third kappa shape index (κ3) is 5.64. The number of aryl methyl sites for hydroxylation is 1. The summed E-state index contributed by atoms with van der Waals surface area (Å²) in [7, 11) is 0. The Bertz CT molecular complexity index is 1830. The number of morpholine rings is 1. The van der Waals surface area contributed by atoms with Crippen molar-refractivity contribution in [2.24, 2.45) is 0 Å². The van der Waals surface area contributed by atoms with Gasteiger partial charge in [0.1, 0.15) is 23.6 Å². The molecule has 0 saturated carbocycles. The van der Waals surface area contributed by atoms with E-state index in [-0.39, 0.29) is 17.6 Å². The number of ether oxygens (including phenoxy) is 2. The number of halogens is 1. The van der Waals surface area contributed by atoms with Crippen molar-refractivity contribution in [2.75, 3.05) is 39.5 Å². The van der Waals surface area contributed by atoms with Gasteiger partial charge in [0.2, 0.25) is 0 Å². The first kappa shape index (κ1) is 27.7. The van der Waals surface area contributed by atoms with Gasteiger partial charge in [-0.2, -0.15) is 4.68 Å². The maximum absolute atomic E-state index is 13.5. The molecular formula is C29H27ClN8O4S. The van der Waals surface area contributed by atoms with E-state index in [4.69, 9.17) is 21.1 Å². The third-order valence-corrected chi connectivity index (χ3v) is 8.91. The standard InChI is InChI=1S/C29H27ClN8O4S/c30-20-1-3-24(37-17-32-34-35-37)22(14-20)18-11-21-2-4-25(38(21)27(39)13-18)28-31-15-23(33-28)19-12-26(43-16-19)29(40)42-10-7-36-5-8-41-9-6-36/h1,3,11-17,25H,2,4-10H2,(H,31,33)/t25-/m0/s1. The molecule has 1 saturated heterocycles. The van der Waals surface area contributed by atoms with Crippen LogP contribution in [0.15, 0.2) is 59.1 Å². The fourth-order valence-electron chi connectivity index (χ4n) is 5.62. The van der Waals surface area contributed by atoms with Gasteiger partial charge in [0.15, 0.2) is 0 Å². The molecule has 1 fully saturated rings. The summed E-state index contributed by atoms with van der Waals surface area (Å²) in [6, 6.07) is 10.6. The highest BCUT2D eigenvalue weighted by atomic mass is 35.5. The van der Waals surface area contributed by atoms with Gasteiger partial charge in [-0.05, 0) is 59.2 Å². The van der Waals surface area contributed by atoms with E-state index < -0.39 is 0 Å².